The molecule has 2 fully saturated rings. The Morgan fingerprint density at radius 2 is 2.03 bits per heavy atom. The van der Waals surface area contributed by atoms with E-state index in [0.717, 1.165) is 45.4 Å². The Balaban J connectivity index is 1.14. The highest BCUT2D eigenvalue weighted by molar-refractivity contribution is 5.76. The van der Waals surface area contributed by atoms with Crippen LogP contribution in [-0.2, 0) is 32.2 Å². The Labute approximate surface area is 184 Å². The molecule has 0 bridgehead atoms. The first-order chi connectivity index (χ1) is 15.2. The van der Waals surface area contributed by atoms with Gasteiger partial charge in [-0.2, -0.15) is 0 Å². The predicted octanol–water partition coefficient (Wildman–Crippen LogP) is 3.05. The summed E-state index contributed by atoms with van der Waals surface area (Å²) in [6.45, 7) is 4.74. The maximum absolute atomic E-state index is 12.5. The van der Waals surface area contributed by atoms with Crippen molar-refractivity contribution < 1.29 is 19.0 Å². The van der Waals surface area contributed by atoms with Gasteiger partial charge in [0.15, 0.2) is 0 Å². The van der Waals surface area contributed by atoms with Crippen LogP contribution in [0.25, 0.3) is 0 Å². The van der Waals surface area contributed by atoms with Gasteiger partial charge in [0.05, 0.1) is 37.9 Å². The van der Waals surface area contributed by atoms with E-state index in [4.69, 9.17) is 14.2 Å². The van der Waals surface area contributed by atoms with Gasteiger partial charge in [-0.1, -0.05) is 30.3 Å². The van der Waals surface area contributed by atoms with Gasteiger partial charge in [-0.25, -0.2) is 4.98 Å². The number of aryl methyl sites for hydroxylation is 1. The fourth-order valence-electron chi connectivity index (χ4n) is 4.48. The third kappa shape index (κ3) is 6.38. The van der Waals surface area contributed by atoms with Crippen molar-refractivity contribution in [1.82, 2.24) is 14.5 Å². The van der Waals surface area contributed by atoms with E-state index in [0.29, 0.717) is 32.8 Å². The number of piperidine rings is 1. The summed E-state index contributed by atoms with van der Waals surface area (Å²) in [6, 6.07) is 10.2. The van der Waals surface area contributed by atoms with Gasteiger partial charge in [0.25, 0.3) is 0 Å². The Bertz CT molecular complexity index is 788. The highest BCUT2D eigenvalue weighted by Crippen LogP contribution is 2.36. The van der Waals surface area contributed by atoms with Gasteiger partial charge >= 0.3 is 0 Å². The average molecular weight is 428 g/mol. The molecule has 0 saturated carbocycles. The Morgan fingerprint density at radius 1 is 1.19 bits per heavy atom. The van der Waals surface area contributed by atoms with Crippen molar-refractivity contribution in [2.45, 2.75) is 57.0 Å². The summed E-state index contributed by atoms with van der Waals surface area (Å²) in [6.07, 6.45) is 9.70. The molecule has 1 spiro atoms. The van der Waals surface area contributed by atoms with Crippen molar-refractivity contribution >= 4 is 5.91 Å². The summed E-state index contributed by atoms with van der Waals surface area (Å²) in [7, 11) is 0. The Morgan fingerprint density at radius 3 is 2.81 bits per heavy atom. The topological polar surface area (TPSA) is 65.8 Å². The minimum Gasteiger partial charge on any atom is -0.376 e. The summed E-state index contributed by atoms with van der Waals surface area (Å²) in [5.74, 6) is 0.211. The molecule has 168 valence electrons. The second kappa shape index (κ2) is 10.9. The van der Waals surface area contributed by atoms with E-state index < -0.39 is 0 Å². The van der Waals surface area contributed by atoms with Gasteiger partial charge < -0.3 is 23.7 Å². The van der Waals surface area contributed by atoms with Crippen molar-refractivity contribution in [3.8, 4) is 0 Å². The van der Waals surface area contributed by atoms with Crippen molar-refractivity contribution in [2.75, 3.05) is 32.9 Å². The summed E-state index contributed by atoms with van der Waals surface area (Å²) in [5, 5.41) is 0. The minimum absolute atomic E-state index is 0.144. The van der Waals surface area contributed by atoms with E-state index in [1.165, 1.54) is 5.56 Å². The van der Waals surface area contributed by atoms with Crippen LogP contribution in [0, 0.1) is 0 Å². The maximum Gasteiger partial charge on any atom is 0.224 e. The highest BCUT2D eigenvalue weighted by Gasteiger charge is 2.41. The van der Waals surface area contributed by atoms with E-state index >= 15 is 0 Å². The molecule has 7 nitrogen and oxygen atoms in total. The van der Waals surface area contributed by atoms with Crippen molar-refractivity contribution in [1.29, 1.82) is 0 Å². The molecule has 2 saturated heterocycles. The summed E-state index contributed by atoms with van der Waals surface area (Å²) in [5.41, 5.74) is 1.04. The molecule has 1 amide bonds. The largest absolute Gasteiger partial charge is 0.376 e. The van der Waals surface area contributed by atoms with Crippen molar-refractivity contribution in [2.24, 2.45) is 0 Å². The second-order valence-corrected chi connectivity index (χ2v) is 8.49. The average Bonchev–Trinajstić information content (AvgIpc) is 3.32. The number of carbonyl (C=O) groups is 1. The second-order valence-electron chi connectivity index (χ2n) is 8.49. The lowest BCUT2D eigenvalue weighted by molar-refractivity contribution is -0.163. The number of carbonyl (C=O) groups excluding carboxylic acids is 1. The van der Waals surface area contributed by atoms with Crippen LogP contribution in [0.1, 0.15) is 37.7 Å². The third-order valence-corrected chi connectivity index (χ3v) is 6.31. The van der Waals surface area contributed by atoms with E-state index in [1.54, 1.807) is 12.5 Å². The number of hydrogen-bond acceptors (Lipinski definition) is 5. The summed E-state index contributed by atoms with van der Waals surface area (Å²) < 4.78 is 20.0. The van der Waals surface area contributed by atoms with Gasteiger partial charge in [0, 0.05) is 51.5 Å². The molecule has 1 unspecified atom stereocenters. The fraction of sp³-hybridized carbons (Fsp3) is 0.583. The molecule has 2 aliphatic rings. The molecule has 0 radical (unpaired) electrons. The number of aromatic nitrogens is 2. The molecule has 31 heavy (non-hydrogen) atoms. The van der Waals surface area contributed by atoms with Crippen LogP contribution in [0.15, 0.2) is 49.1 Å². The molecule has 4 rings (SSSR count). The molecule has 0 aliphatic carbocycles. The van der Waals surface area contributed by atoms with Crippen LogP contribution in [0.5, 0.6) is 0 Å². The maximum atomic E-state index is 12.5. The minimum atomic E-state index is -0.144. The standard InChI is InChI=1S/C24H33N3O4/c28-23(6-11-26-14-10-25-20-26)27-12-8-24(9-13-27)18-22(7-15-31-24)30-17-16-29-19-21-4-2-1-3-5-21/h1-5,10,14,20,22H,6-9,11-13,15-19H2. The number of imidazole rings is 1. The molecule has 1 aromatic heterocycles. The lowest BCUT2D eigenvalue weighted by atomic mass is 9.83. The highest BCUT2D eigenvalue weighted by atomic mass is 16.5. The van der Waals surface area contributed by atoms with Crippen molar-refractivity contribution in [3.63, 3.8) is 0 Å². The SMILES string of the molecule is O=C(CCn1ccnc1)N1CCC2(CC1)CC(OCCOCc1ccccc1)CCO2. The van der Waals surface area contributed by atoms with Crippen LogP contribution in [0.3, 0.4) is 0 Å². The molecule has 2 aromatic rings. The van der Waals surface area contributed by atoms with Crippen LogP contribution in [-0.4, -0.2) is 65.0 Å². The number of nitrogens with zero attached hydrogens (tertiary/aromatic N) is 3. The first-order valence-electron chi connectivity index (χ1n) is 11.3. The number of rotatable bonds is 9. The molecule has 2 aliphatic heterocycles. The zero-order valence-electron chi connectivity index (χ0n) is 18.2. The molecule has 1 atom stereocenters. The van der Waals surface area contributed by atoms with E-state index in [9.17, 15) is 4.79 Å². The number of hydrogen-bond donors (Lipinski definition) is 0. The number of likely N-dealkylation sites (tertiary alicyclic amines) is 1. The summed E-state index contributed by atoms with van der Waals surface area (Å²) >= 11 is 0. The number of ether oxygens (including phenoxy) is 3. The number of benzene rings is 1. The first kappa shape index (κ1) is 22.0. The lowest BCUT2D eigenvalue weighted by Crippen LogP contribution is -2.52. The van der Waals surface area contributed by atoms with Crippen molar-refractivity contribution in [3.05, 3.63) is 54.6 Å². The summed E-state index contributed by atoms with van der Waals surface area (Å²) in [4.78, 5) is 18.6. The van der Waals surface area contributed by atoms with Crippen LogP contribution >= 0.6 is 0 Å². The monoisotopic (exact) mass is 427 g/mol. The quantitative estimate of drug-likeness (QED) is 0.576. The normalized spacial score (nSPS) is 20.8. The molecule has 0 N–H and O–H groups in total. The molecule has 3 heterocycles. The van der Waals surface area contributed by atoms with Crippen LogP contribution in [0.4, 0.5) is 0 Å². The van der Waals surface area contributed by atoms with Crippen LogP contribution in [0.2, 0.25) is 0 Å². The predicted molar refractivity (Wildman–Crippen MR) is 116 cm³/mol. The molecular formula is C24H33N3O4. The van der Waals surface area contributed by atoms with Gasteiger partial charge in [-0.05, 0) is 24.8 Å². The van der Waals surface area contributed by atoms with Gasteiger partial charge in [0.2, 0.25) is 5.91 Å². The molecule has 1 aromatic carbocycles. The van der Waals surface area contributed by atoms with Gasteiger partial charge in [-0.15, -0.1) is 0 Å². The first-order valence-corrected chi connectivity index (χ1v) is 11.3. The van der Waals surface area contributed by atoms with E-state index in [2.05, 4.69) is 17.1 Å². The Kier molecular flexibility index (Phi) is 7.72. The fourth-order valence-corrected chi connectivity index (χ4v) is 4.48. The number of amides is 1. The lowest BCUT2D eigenvalue weighted by Gasteiger charge is -2.46. The van der Waals surface area contributed by atoms with E-state index in [1.807, 2.05) is 33.9 Å². The zero-order chi connectivity index (χ0) is 21.4. The molecule has 7 heteroatoms. The van der Waals surface area contributed by atoms with E-state index in [-0.39, 0.29) is 17.6 Å². The molecular weight excluding hydrogens is 394 g/mol. The third-order valence-electron chi connectivity index (χ3n) is 6.31. The zero-order valence-corrected chi connectivity index (χ0v) is 18.2. The smallest absolute Gasteiger partial charge is 0.224 e. The van der Waals surface area contributed by atoms with Gasteiger partial charge in [0.1, 0.15) is 0 Å². The van der Waals surface area contributed by atoms with Gasteiger partial charge in [-0.3, -0.25) is 4.79 Å². The van der Waals surface area contributed by atoms with Crippen LogP contribution < -0.4 is 0 Å². The Hall–Kier alpha value is -2.22.